The van der Waals surface area contributed by atoms with Crippen molar-refractivity contribution in [1.29, 1.82) is 0 Å². The molecule has 5 nitrogen and oxygen atoms in total. The second-order valence-electron chi connectivity index (χ2n) is 8.07. The third kappa shape index (κ3) is 6.72. The minimum Gasteiger partial charge on any atom is -0.298 e. The molecule has 26 heavy (non-hydrogen) atoms. The molecular formula is C20H35BrN3O2+. The molecule has 0 spiro atoms. The van der Waals surface area contributed by atoms with Gasteiger partial charge < -0.3 is 0 Å². The number of likely N-dealkylation sites (N-methyl/N-ethyl adjacent to an activating group) is 1. The summed E-state index contributed by atoms with van der Waals surface area (Å²) in [5, 5.41) is 0. The van der Waals surface area contributed by atoms with E-state index in [0.29, 0.717) is 6.54 Å². The van der Waals surface area contributed by atoms with E-state index in [1.807, 2.05) is 39.0 Å². The number of rotatable bonds is 10. The van der Waals surface area contributed by atoms with Gasteiger partial charge in [0.15, 0.2) is 6.54 Å². The van der Waals surface area contributed by atoms with Crippen LogP contribution in [0.25, 0.3) is 0 Å². The first kappa shape index (κ1) is 23.2. The van der Waals surface area contributed by atoms with Crippen LogP contribution in [-0.2, 0) is 16.2 Å². The first-order chi connectivity index (χ1) is 12.1. The highest BCUT2D eigenvalue weighted by Crippen LogP contribution is 2.29. The van der Waals surface area contributed by atoms with E-state index in [1.165, 1.54) is 0 Å². The van der Waals surface area contributed by atoms with Gasteiger partial charge in [-0.15, -0.1) is 4.65 Å². The van der Waals surface area contributed by atoms with E-state index in [4.69, 9.17) is 4.84 Å². The van der Waals surface area contributed by atoms with Crippen LogP contribution in [0.15, 0.2) is 22.8 Å². The van der Waals surface area contributed by atoms with Crippen LogP contribution in [0.2, 0.25) is 0 Å². The average molecular weight is 429 g/mol. The van der Waals surface area contributed by atoms with E-state index in [9.17, 15) is 4.79 Å². The second-order valence-corrected chi connectivity index (χ2v) is 8.88. The van der Waals surface area contributed by atoms with Crippen molar-refractivity contribution in [3.8, 4) is 0 Å². The van der Waals surface area contributed by atoms with E-state index in [2.05, 4.69) is 53.5 Å². The maximum absolute atomic E-state index is 12.5. The van der Waals surface area contributed by atoms with Gasteiger partial charge in [-0.2, -0.15) is 4.84 Å². The molecule has 148 valence electrons. The van der Waals surface area contributed by atoms with Gasteiger partial charge in [0.25, 0.3) is 0 Å². The van der Waals surface area contributed by atoms with Crippen molar-refractivity contribution in [2.45, 2.75) is 66.7 Å². The fourth-order valence-corrected chi connectivity index (χ4v) is 3.64. The molecule has 1 heterocycles. The van der Waals surface area contributed by atoms with Gasteiger partial charge in [-0.3, -0.25) is 4.90 Å². The fraction of sp³-hybridized carbons (Fsp3) is 0.700. The number of amides is 1. The zero-order valence-corrected chi connectivity index (χ0v) is 18.9. The van der Waals surface area contributed by atoms with Gasteiger partial charge in [-0.05, 0) is 61.9 Å². The molecule has 0 radical (unpaired) electrons. The molecule has 1 aromatic rings. The topological polar surface area (TPSA) is 42.4 Å². The molecule has 0 aromatic carbocycles. The molecule has 2 unspecified atom stereocenters. The van der Waals surface area contributed by atoms with Crippen molar-refractivity contribution in [1.82, 2.24) is 9.88 Å². The lowest BCUT2D eigenvalue weighted by Crippen LogP contribution is -2.62. The summed E-state index contributed by atoms with van der Waals surface area (Å²) in [7, 11) is 0. The van der Waals surface area contributed by atoms with Crippen molar-refractivity contribution in [3.05, 3.63) is 28.5 Å². The van der Waals surface area contributed by atoms with E-state index in [1.54, 1.807) is 0 Å². The Hall–Kier alpha value is -0.820. The van der Waals surface area contributed by atoms with Crippen LogP contribution in [0.5, 0.6) is 0 Å². The van der Waals surface area contributed by atoms with Gasteiger partial charge in [-0.1, -0.05) is 33.8 Å². The number of halogens is 1. The lowest BCUT2D eigenvalue weighted by Gasteiger charge is -2.43. The zero-order chi connectivity index (χ0) is 20.0. The maximum Gasteiger partial charge on any atom is 0.334 e. The third-order valence-electron chi connectivity index (χ3n) is 4.47. The van der Waals surface area contributed by atoms with E-state index >= 15 is 0 Å². The Bertz CT molecular complexity index is 570. The van der Waals surface area contributed by atoms with Crippen LogP contribution in [0.3, 0.4) is 0 Å². The van der Waals surface area contributed by atoms with Crippen LogP contribution >= 0.6 is 15.9 Å². The summed E-state index contributed by atoms with van der Waals surface area (Å²) in [5.41, 5.74) is 0.379. The summed E-state index contributed by atoms with van der Waals surface area (Å²) in [4.78, 5) is 25.8. The standard InChI is InChI=1S/C20H35BrN3O2/c1-8-23(9-2)13-18(16(3)4)24(15-25,26-20(5,6)7)14-17-11-10-12-19(21)22-17/h10-12,15-16,18H,8-9,13-14H2,1-7H3/q+1. The molecule has 0 fully saturated rings. The third-order valence-corrected chi connectivity index (χ3v) is 4.92. The number of carbonyl (C=O) groups is 1. The highest BCUT2D eigenvalue weighted by Gasteiger charge is 2.46. The molecule has 0 saturated heterocycles. The number of carbonyl (C=O) groups excluding carboxylic acids is 1. The minimum atomic E-state index is -0.455. The first-order valence-corrected chi connectivity index (χ1v) is 10.2. The number of hydrogen-bond donors (Lipinski definition) is 0. The Labute approximate surface area is 167 Å². The van der Waals surface area contributed by atoms with Crippen molar-refractivity contribution in [2.24, 2.45) is 5.92 Å². The Morgan fingerprint density at radius 1 is 1.27 bits per heavy atom. The van der Waals surface area contributed by atoms with Crippen molar-refractivity contribution < 1.29 is 14.3 Å². The molecule has 1 amide bonds. The summed E-state index contributed by atoms with van der Waals surface area (Å²) >= 11 is 3.43. The average Bonchev–Trinajstić information content (AvgIpc) is 2.53. The van der Waals surface area contributed by atoms with Crippen LogP contribution in [0.4, 0.5) is 0 Å². The molecule has 0 aliphatic heterocycles. The normalized spacial score (nSPS) is 15.9. The number of quaternary nitrogens is 1. The largest absolute Gasteiger partial charge is 0.334 e. The second kappa shape index (κ2) is 9.93. The van der Waals surface area contributed by atoms with E-state index in [0.717, 1.165) is 36.3 Å². The monoisotopic (exact) mass is 428 g/mol. The molecule has 0 aliphatic rings. The summed E-state index contributed by atoms with van der Waals surface area (Å²) in [6, 6.07) is 5.78. The van der Waals surface area contributed by atoms with Crippen LogP contribution < -0.4 is 0 Å². The van der Waals surface area contributed by atoms with Crippen molar-refractivity contribution in [3.63, 3.8) is 0 Å². The summed E-state index contributed by atoms with van der Waals surface area (Å²) in [5.74, 6) is 0.273. The summed E-state index contributed by atoms with van der Waals surface area (Å²) < 4.78 is 0.681. The molecule has 2 atom stereocenters. The van der Waals surface area contributed by atoms with E-state index in [-0.39, 0.29) is 16.6 Å². The number of hydroxylamine groups is 3. The Kier molecular flexibility index (Phi) is 8.86. The molecule has 0 saturated carbocycles. The maximum atomic E-state index is 12.5. The predicted octanol–water partition coefficient (Wildman–Crippen LogP) is 4.41. The van der Waals surface area contributed by atoms with Gasteiger partial charge in [0.2, 0.25) is 0 Å². The molecule has 1 rings (SSSR count). The van der Waals surface area contributed by atoms with Crippen LogP contribution in [0, 0.1) is 5.92 Å². The Morgan fingerprint density at radius 3 is 2.31 bits per heavy atom. The lowest BCUT2D eigenvalue weighted by molar-refractivity contribution is -1.08. The SMILES string of the molecule is CCN(CC)CC(C(C)C)[N+](C=O)(Cc1cccc(Br)n1)OC(C)(C)C. The van der Waals surface area contributed by atoms with E-state index < -0.39 is 5.60 Å². The summed E-state index contributed by atoms with van der Waals surface area (Å²) in [6.45, 7) is 17.7. The quantitative estimate of drug-likeness (QED) is 0.239. The number of hydrogen-bond acceptors (Lipinski definition) is 4. The fourth-order valence-electron chi connectivity index (χ4n) is 3.26. The van der Waals surface area contributed by atoms with Gasteiger partial charge >= 0.3 is 6.41 Å². The summed E-state index contributed by atoms with van der Waals surface area (Å²) in [6.07, 6.45) is 0.960. The van der Waals surface area contributed by atoms with Crippen LogP contribution in [0.1, 0.15) is 54.2 Å². The Balaban J connectivity index is 3.36. The molecular weight excluding hydrogens is 394 g/mol. The highest BCUT2D eigenvalue weighted by atomic mass is 79.9. The van der Waals surface area contributed by atoms with Gasteiger partial charge in [0.05, 0.1) is 12.2 Å². The van der Waals surface area contributed by atoms with Gasteiger partial charge in [0, 0.05) is 5.92 Å². The van der Waals surface area contributed by atoms with Gasteiger partial charge in [-0.25, -0.2) is 9.78 Å². The number of pyridine rings is 1. The van der Waals surface area contributed by atoms with Crippen molar-refractivity contribution >= 4 is 22.3 Å². The number of nitrogens with zero attached hydrogens (tertiary/aromatic N) is 3. The van der Waals surface area contributed by atoms with Crippen molar-refractivity contribution in [2.75, 3.05) is 19.6 Å². The molecule has 0 aliphatic carbocycles. The number of aromatic nitrogens is 1. The molecule has 1 aromatic heterocycles. The minimum absolute atomic E-state index is 0.00686. The zero-order valence-electron chi connectivity index (χ0n) is 17.3. The molecule has 6 heteroatoms. The molecule has 0 N–H and O–H groups in total. The van der Waals surface area contributed by atoms with Gasteiger partial charge in [0.1, 0.15) is 16.2 Å². The molecule has 0 bridgehead atoms. The first-order valence-electron chi connectivity index (χ1n) is 9.45. The van der Waals surface area contributed by atoms with Crippen LogP contribution in [-0.4, -0.2) is 52.2 Å². The highest BCUT2D eigenvalue weighted by molar-refractivity contribution is 9.10. The Morgan fingerprint density at radius 2 is 1.88 bits per heavy atom. The lowest BCUT2D eigenvalue weighted by atomic mass is 10.0. The predicted molar refractivity (Wildman–Crippen MR) is 109 cm³/mol. The smallest absolute Gasteiger partial charge is 0.298 e.